The molecule has 2 aromatic carbocycles. The van der Waals surface area contributed by atoms with Crippen LogP contribution in [-0.4, -0.2) is 102 Å². The van der Waals surface area contributed by atoms with Gasteiger partial charge in [-0.25, -0.2) is 9.69 Å². The molecule has 0 N–H and O–H groups in total. The third-order valence-corrected chi connectivity index (χ3v) is 21.9. The maximum atomic E-state index is 14.2. The van der Waals surface area contributed by atoms with Crippen LogP contribution in [0, 0.1) is 0 Å². The summed E-state index contributed by atoms with van der Waals surface area (Å²) in [6.07, 6.45) is -2.00. The fourth-order valence-electron chi connectivity index (χ4n) is 8.04. The molecule has 3 aliphatic heterocycles. The molecule has 3 aliphatic rings. The zero-order valence-corrected chi connectivity index (χ0v) is 38.3. The van der Waals surface area contributed by atoms with E-state index in [0.717, 1.165) is 29.3 Å². The number of hydrogen-bond acceptors (Lipinski definition) is 10. The van der Waals surface area contributed by atoms with Crippen molar-refractivity contribution in [2.24, 2.45) is 0 Å². The van der Waals surface area contributed by atoms with Crippen molar-refractivity contribution in [3.8, 4) is 0 Å². The van der Waals surface area contributed by atoms with Gasteiger partial charge in [0, 0.05) is 20.0 Å². The van der Waals surface area contributed by atoms with Crippen LogP contribution in [0.15, 0.2) is 60.7 Å². The molecule has 0 bridgehead atoms. The van der Waals surface area contributed by atoms with Gasteiger partial charge in [0.05, 0.1) is 37.6 Å². The van der Waals surface area contributed by atoms with Crippen molar-refractivity contribution >= 4 is 28.6 Å². The Labute approximate surface area is 343 Å². The number of carbonyl (C=O) groups is 2. The van der Waals surface area contributed by atoms with E-state index in [1.54, 1.807) is 7.11 Å². The molecule has 3 saturated heterocycles. The lowest BCUT2D eigenvalue weighted by atomic mass is 9.90. The molecule has 7 atom stereocenters. The number of benzene rings is 2. The summed E-state index contributed by atoms with van der Waals surface area (Å²) in [4.78, 5) is 28.6. The fraction of sp³-hybridized carbons (Fsp3) is 0.682. The zero-order valence-electron chi connectivity index (χ0n) is 36.3. The van der Waals surface area contributed by atoms with Gasteiger partial charge in [0.15, 0.2) is 22.4 Å². The molecule has 3 fully saturated rings. The van der Waals surface area contributed by atoms with Gasteiger partial charge in [0.1, 0.15) is 18.8 Å². The second kappa shape index (κ2) is 18.8. The quantitative estimate of drug-likeness (QED) is 0.127. The Hall–Kier alpha value is -2.47. The third kappa shape index (κ3) is 10.8. The van der Waals surface area contributed by atoms with Crippen LogP contribution in [-0.2, 0) is 55.1 Å². The minimum atomic E-state index is -2.31. The van der Waals surface area contributed by atoms with Crippen LogP contribution in [0.1, 0.15) is 85.8 Å². The van der Waals surface area contributed by atoms with E-state index in [4.69, 9.17) is 37.3 Å². The van der Waals surface area contributed by atoms with E-state index < -0.39 is 70.9 Å². The van der Waals surface area contributed by atoms with Gasteiger partial charge < -0.3 is 37.3 Å². The molecule has 2 amide bonds. The number of carbonyl (C=O) groups excluding carboxylic acids is 2. The molecule has 5 rings (SSSR count). The second-order valence-corrected chi connectivity index (χ2v) is 27.5. The molecular formula is C44H69NO10Si2. The summed E-state index contributed by atoms with van der Waals surface area (Å²) in [6, 6.07) is 22.2. The molecule has 0 spiro atoms. The van der Waals surface area contributed by atoms with Gasteiger partial charge in [0.25, 0.3) is 0 Å². The smallest absolute Gasteiger partial charge is 0.416 e. The van der Waals surface area contributed by atoms with Crippen LogP contribution in [0.3, 0.4) is 0 Å². The molecule has 2 aromatic rings. The molecule has 0 unspecified atom stereocenters. The van der Waals surface area contributed by atoms with Gasteiger partial charge in [0.2, 0.25) is 11.7 Å². The van der Waals surface area contributed by atoms with E-state index in [0.29, 0.717) is 25.9 Å². The van der Waals surface area contributed by atoms with Crippen molar-refractivity contribution in [1.29, 1.82) is 0 Å². The third-order valence-electron chi connectivity index (χ3n) is 12.8. The predicted molar refractivity (Wildman–Crippen MR) is 225 cm³/mol. The lowest BCUT2D eigenvalue weighted by Crippen LogP contribution is -2.65. The van der Waals surface area contributed by atoms with Crippen LogP contribution < -0.4 is 0 Å². The van der Waals surface area contributed by atoms with E-state index in [1.165, 1.54) is 4.90 Å². The lowest BCUT2D eigenvalue weighted by molar-refractivity contribution is -0.344. The van der Waals surface area contributed by atoms with Gasteiger partial charge in [-0.1, -0.05) is 102 Å². The summed E-state index contributed by atoms with van der Waals surface area (Å²) < 4.78 is 53.4. The number of methoxy groups -OCH3 is 1. The molecule has 57 heavy (non-hydrogen) atoms. The molecule has 13 heteroatoms. The predicted octanol–water partition coefficient (Wildman–Crippen LogP) is 9.01. The van der Waals surface area contributed by atoms with Crippen molar-refractivity contribution in [2.75, 3.05) is 20.3 Å². The Kier molecular flexibility index (Phi) is 15.1. The van der Waals surface area contributed by atoms with Gasteiger partial charge >= 0.3 is 6.09 Å². The highest BCUT2D eigenvalue weighted by Gasteiger charge is 2.61. The van der Waals surface area contributed by atoms with Crippen molar-refractivity contribution < 1.29 is 46.9 Å². The van der Waals surface area contributed by atoms with Gasteiger partial charge in [-0.3, -0.25) is 4.79 Å². The molecule has 0 saturated carbocycles. The van der Waals surface area contributed by atoms with Crippen LogP contribution in [0.5, 0.6) is 0 Å². The first-order valence-corrected chi connectivity index (χ1v) is 26.4. The number of hydrogen-bond donors (Lipinski definition) is 0. The lowest BCUT2D eigenvalue weighted by Gasteiger charge is -2.50. The molecule has 0 radical (unpaired) electrons. The SMILES string of the molecule is CC[Si](CC)(CC)O[C@H](CCC(=O)N1C(=O)OC[C@H]1Cc1ccccc1)[C@@H](OCc1ccccc1)[C@H]1C[C@H]2OC(C)(C)O[C@H]2[C@](CO[Si](C)(C)C(C)(C)C)(OC)O1. The number of nitrogens with zero attached hydrogens (tertiary/aromatic N) is 1. The molecule has 0 aliphatic carbocycles. The Morgan fingerprint density at radius 2 is 1.54 bits per heavy atom. The number of cyclic esters (lactones) is 1. The molecular weight excluding hydrogens is 759 g/mol. The summed E-state index contributed by atoms with van der Waals surface area (Å²) in [7, 11) is -2.94. The van der Waals surface area contributed by atoms with E-state index in [1.807, 2.05) is 74.5 Å². The Morgan fingerprint density at radius 1 is 0.930 bits per heavy atom. The van der Waals surface area contributed by atoms with E-state index in [2.05, 4.69) is 54.6 Å². The van der Waals surface area contributed by atoms with Gasteiger partial charge in [-0.2, -0.15) is 0 Å². The van der Waals surface area contributed by atoms with E-state index in [-0.39, 0.29) is 30.6 Å². The average molecular weight is 828 g/mol. The van der Waals surface area contributed by atoms with Gasteiger partial charge in [-0.05, 0) is 74.1 Å². The standard InChI is InChI=1S/C44H69NO10Si2/c1-12-57(13-2,14-3)55-35(25-26-38(46)45-34(30-50-41(45)47)27-32-21-17-15-18-22-32)39(49-29-33-23-19-16-20-24-33)36-28-37-40(54-43(7,8)52-37)44(48-9,53-36)31-51-56(10,11)42(4,5)6/h15-24,34-37,39-40H,12-14,25-31H2,1-11H3/t34-,35-,36-,37-,39-,40-,44-/m1/s1. The van der Waals surface area contributed by atoms with Crippen molar-refractivity contribution in [1.82, 2.24) is 4.90 Å². The molecule has 3 heterocycles. The maximum Gasteiger partial charge on any atom is 0.416 e. The Balaban J connectivity index is 1.51. The Morgan fingerprint density at radius 3 is 2.12 bits per heavy atom. The molecule has 11 nitrogen and oxygen atoms in total. The zero-order chi connectivity index (χ0) is 41.6. The fourth-order valence-corrected chi connectivity index (χ4v) is 11.9. The summed E-state index contributed by atoms with van der Waals surface area (Å²) in [5.41, 5.74) is 2.03. The van der Waals surface area contributed by atoms with Gasteiger partial charge in [-0.15, -0.1) is 0 Å². The normalized spacial score (nSPS) is 26.2. The maximum absolute atomic E-state index is 14.2. The number of fused-ring (bicyclic) bond motifs is 1. The van der Waals surface area contributed by atoms with Crippen molar-refractivity contribution in [2.45, 2.75) is 172 Å². The topological polar surface area (TPSA) is 111 Å². The minimum Gasteiger partial charge on any atom is -0.447 e. The summed E-state index contributed by atoms with van der Waals surface area (Å²) in [5, 5.41) is -0.0508. The summed E-state index contributed by atoms with van der Waals surface area (Å²) in [5.74, 6) is -2.49. The number of ether oxygens (including phenoxy) is 6. The van der Waals surface area contributed by atoms with Crippen molar-refractivity contribution in [3.63, 3.8) is 0 Å². The highest BCUT2D eigenvalue weighted by molar-refractivity contribution is 6.74. The first-order chi connectivity index (χ1) is 26.9. The van der Waals surface area contributed by atoms with E-state index in [9.17, 15) is 9.59 Å². The first-order valence-electron chi connectivity index (χ1n) is 21.0. The number of amides is 2. The average Bonchev–Trinajstić information content (AvgIpc) is 3.71. The second-order valence-electron chi connectivity index (χ2n) is 17.9. The summed E-state index contributed by atoms with van der Waals surface area (Å²) in [6.45, 7) is 22.0. The van der Waals surface area contributed by atoms with Crippen LogP contribution in [0.25, 0.3) is 0 Å². The summed E-state index contributed by atoms with van der Waals surface area (Å²) >= 11 is 0. The van der Waals surface area contributed by atoms with Crippen LogP contribution >= 0.6 is 0 Å². The number of imide groups is 1. The van der Waals surface area contributed by atoms with Crippen LogP contribution in [0.2, 0.25) is 36.3 Å². The highest BCUT2D eigenvalue weighted by atomic mass is 28.4. The largest absolute Gasteiger partial charge is 0.447 e. The Bertz CT molecular complexity index is 1590. The van der Waals surface area contributed by atoms with E-state index >= 15 is 0 Å². The minimum absolute atomic E-state index is 0.0508. The molecule has 0 aromatic heterocycles. The first kappa shape index (κ1) is 45.6. The van der Waals surface area contributed by atoms with Crippen molar-refractivity contribution in [3.05, 3.63) is 71.8 Å². The van der Waals surface area contributed by atoms with Crippen LogP contribution in [0.4, 0.5) is 4.79 Å². The monoisotopic (exact) mass is 827 g/mol. The highest BCUT2D eigenvalue weighted by Crippen LogP contribution is 2.46. The number of rotatable bonds is 19. The molecule has 318 valence electrons.